The van der Waals surface area contributed by atoms with E-state index in [4.69, 9.17) is 0 Å². The topological polar surface area (TPSA) is 64.7 Å². The Kier molecular flexibility index (Phi) is 6.57. The Morgan fingerprint density at radius 3 is 2.22 bits per heavy atom. The molecule has 0 spiro atoms. The zero-order valence-corrected chi connectivity index (χ0v) is 20.1. The van der Waals surface area contributed by atoms with Crippen molar-refractivity contribution in [1.29, 1.82) is 0 Å². The summed E-state index contributed by atoms with van der Waals surface area (Å²) >= 11 is 0. The quantitative estimate of drug-likeness (QED) is 0.587. The zero-order valence-electron chi connectivity index (χ0n) is 20.1. The summed E-state index contributed by atoms with van der Waals surface area (Å²) in [7, 11) is 0. The number of hydrogen-bond donors (Lipinski definition) is 2. The van der Waals surface area contributed by atoms with Crippen LogP contribution in [0.2, 0.25) is 0 Å². The maximum Gasteiger partial charge on any atom is 0.391 e. The van der Waals surface area contributed by atoms with E-state index in [1.165, 1.54) is 0 Å². The van der Waals surface area contributed by atoms with Gasteiger partial charge >= 0.3 is 6.18 Å². The Morgan fingerprint density at radius 2 is 1.58 bits per heavy atom. The van der Waals surface area contributed by atoms with E-state index in [0.29, 0.717) is 39.0 Å². The summed E-state index contributed by atoms with van der Waals surface area (Å²) in [5.41, 5.74) is 3.02. The maximum absolute atomic E-state index is 12.9. The third-order valence-corrected chi connectivity index (χ3v) is 7.85. The number of carbonyl (C=O) groups excluding carboxylic acids is 2. The molecule has 5 rings (SSSR count). The highest BCUT2D eigenvalue weighted by Gasteiger charge is 2.53. The molecule has 36 heavy (non-hydrogen) atoms. The van der Waals surface area contributed by atoms with Crippen LogP contribution in [0.4, 0.5) is 30.2 Å². The minimum atomic E-state index is -4.10. The molecule has 2 aromatic carbocycles. The van der Waals surface area contributed by atoms with Crippen LogP contribution >= 0.6 is 0 Å². The Hall–Kier alpha value is -3.23. The third kappa shape index (κ3) is 4.88. The molecule has 0 radical (unpaired) electrons. The van der Waals surface area contributed by atoms with Gasteiger partial charge in [-0.2, -0.15) is 13.2 Å². The lowest BCUT2D eigenvalue weighted by molar-refractivity contribution is -0.179. The minimum absolute atomic E-state index is 0.0595. The van der Waals surface area contributed by atoms with E-state index in [-0.39, 0.29) is 24.7 Å². The first-order valence-corrected chi connectivity index (χ1v) is 12.6. The number of nitrogens with zero attached hydrogens (tertiary/aromatic N) is 2. The van der Waals surface area contributed by atoms with Crippen LogP contribution in [0.1, 0.15) is 44.1 Å². The molecule has 3 aliphatic rings. The van der Waals surface area contributed by atoms with Crippen molar-refractivity contribution in [3.63, 3.8) is 0 Å². The molecule has 1 atom stereocenters. The van der Waals surface area contributed by atoms with Gasteiger partial charge in [0, 0.05) is 49.7 Å². The molecule has 3 saturated heterocycles. The van der Waals surface area contributed by atoms with Gasteiger partial charge < -0.3 is 20.4 Å². The molecule has 0 aromatic heterocycles. The van der Waals surface area contributed by atoms with Gasteiger partial charge in [0.1, 0.15) is 5.54 Å². The van der Waals surface area contributed by atoms with E-state index in [1.807, 2.05) is 53.4 Å². The fraction of sp³-hybridized carbons (Fsp3) is 0.481. The number of amides is 2. The van der Waals surface area contributed by atoms with Crippen molar-refractivity contribution in [2.24, 2.45) is 5.92 Å². The summed E-state index contributed by atoms with van der Waals surface area (Å²) in [4.78, 5) is 28.7. The van der Waals surface area contributed by atoms with Crippen LogP contribution in [0.5, 0.6) is 0 Å². The van der Waals surface area contributed by atoms with Crippen molar-refractivity contribution in [2.75, 3.05) is 29.9 Å². The van der Waals surface area contributed by atoms with Gasteiger partial charge in [-0.15, -0.1) is 0 Å². The Labute approximate surface area is 208 Å². The first kappa shape index (κ1) is 24.5. The van der Waals surface area contributed by atoms with Crippen molar-refractivity contribution in [3.8, 4) is 0 Å². The minimum Gasteiger partial charge on any atom is -0.372 e. The summed E-state index contributed by atoms with van der Waals surface area (Å²) in [5.74, 6) is -1.18. The van der Waals surface area contributed by atoms with Gasteiger partial charge in [0.05, 0.1) is 5.92 Å². The largest absolute Gasteiger partial charge is 0.391 e. The standard InChI is InChI=1S/C27H31F3N4O2/c28-27(29,30)20-11-16-33(17-12-20)23-8-6-22(7-9-23)32-21-4-2-19(3-5-21)18-31-25(36)26-13-1-15-34(26)24(35)10-14-26/h2-9,20,32H,1,10-18H2,(H,31,36). The first-order chi connectivity index (χ1) is 17.2. The number of fused-ring (bicyclic) bond motifs is 1. The Morgan fingerprint density at radius 1 is 0.944 bits per heavy atom. The molecule has 9 heteroatoms. The molecule has 1 unspecified atom stereocenters. The van der Waals surface area contributed by atoms with E-state index in [2.05, 4.69) is 10.6 Å². The van der Waals surface area contributed by atoms with Crippen LogP contribution in [-0.4, -0.2) is 48.1 Å². The van der Waals surface area contributed by atoms with Crippen molar-refractivity contribution in [2.45, 2.75) is 56.8 Å². The molecule has 2 N–H and O–H groups in total. The predicted molar refractivity (Wildman–Crippen MR) is 132 cm³/mol. The lowest BCUT2D eigenvalue weighted by atomic mass is 9.93. The first-order valence-electron chi connectivity index (χ1n) is 12.6. The third-order valence-electron chi connectivity index (χ3n) is 7.85. The second-order valence-corrected chi connectivity index (χ2v) is 10.0. The second-order valence-electron chi connectivity index (χ2n) is 10.0. The number of hydrogen-bond acceptors (Lipinski definition) is 4. The van der Waals surface area contributed by atoms with Gasteiger partial charge in [0.15, 0.2) is 0 Å². The van der Waals surface area contributed by atoms with Crippen LogP contribution in [0.3, 0.4) is 0 Å². The molecule has 0 bridgehead atoms. The normalized spacial score (nSPS) is 22.6. The SMILES string of the molecule is O=C1CCC2(C(=O)NCc3ccc(Nc4ccc(N5CCC(C(F)(F)F)CC5)cc4)cc3)CCCN12. The van der Waals surface area contributed by atoms with Gasteiger partial charge in [-0.05, 0) is 74.1 Å². The van der Waals surface area contributed by atoms with Crippen molar-refractivity contribution >= 4 is 28.9 Å². The fourth-order valence-corrected chi connectivity index (χ4v) is 5.74. The molecule has 0 saturated carbocycles. The lowest BCUT2D eigenvalue weighted by Gasteiger charge is -2.34. The Bertz CT molecular complexity index is 1100. The van der Waals surface area contributed by atoms with E-state index in [1.54, 1.807) is 4.90 Å². The van der Waals surface area contributed by atoms with Gasteiger partial charge in [-0.25, -0.2) is 0 Å². The molecule has 3 aliphatic heterocycles. The average Bonchev–Trinajstić information content (AvgIpc) is 3.45. The fourth-order valence-electron chi connectivity index (χ4n) is 5.74. The second kappa shape index (κ2) is 9.67. The smallest absolute Gasteiger partial charge is 0.372 e. The molecule has 2 aromatic rings. The highest BCUT2D eigenvalue weighted by atomic mass is 19.4. The van der Waals surface area contributed by atoms with Crippen LogP contribution in [0, 0.1) is 5.92 Å². The molecule has 3 fully saturated rings. The van der Waals surface area contributed by atoms with Crippen LogP contribution in [0.15, 0.2) is 48.5 Å². The van der Waals surface area contributed by atoms with Crippen LogP contribution in [0.25, 0.3) is 0 Å². The number of rotatable bonds is 6. The maximum atomic E-state index is 12.9. The monoisotopic (exact) mass is 500 g/mol. The van der Waals surface area contributed by atoms with Gasteiger partial charge in [-0.3, -0.25) is 9.59 Å². The number of benzene rings is 2. The van der Waals surface area contributed by atoms with Gasteiger partial charge in [0.25, 0.3) is 0 Å². The molecule has 192 valence electrons. The molecule has 2 amide bonds. The number of carbonyl (C=O) groups is 2. The molecule has 6 nitrogen and oxygen atoms in total. The Balaban J connectivity index is 1.12. The average molecular weight is 501 g/mol. The number of alkyl halides is 3. The zero-order chi connectivity index (χ0) is 25.3. The highest BCUT2D eigenvalue weighted by Crippen LogP contribution is 2.40. The van der Waals surface area contributed by atoms with Gasteiger partial charge in [0.2, 0.25) is 11.8 Å². The van der Waals surface area contributed by atoms with E-state index < -0.39 is 17.6 Å². The summed E-state index contributed by atoms with van der Waals surface area (Å²) in [6, 6.07) is 15.5. The lowest BCUT2D eigenvalue weighted by Crippen LogP contribution is -2.52. The van der Waals surface area contributed by atoms with E-state index in [0.717, 1.165) is 35.5 Å². The molecular weight excluding hydrogens is 469 g/mol. The van der Waals surface area contributed by atoms with E-state index >= 15 is 0 Å². The summed E-state index contributed by atoms with van der Waals surface area (Å²) in [6.07, 6.45) is -1.18. The van der Waals surface area contributed by atoms with Crippen LogP contribution in [-0.2, 0) is 16.1 Å². The number of anilines is 3. The van der Waals surface area contributed by atoms with Crippen LogP contribution < -0.4 is 15.5 Å². The summed E-state index contributed by atoms with van der Waals surface area (Å²) in [5, 5.41) is 6.35. The highest BCUT2D eigenvalue weighted by molar-refractivity contribution is 5.95. The molecule has 3 heterocycles. The summed E-state index contributed by atoms with van der Waals surface area (Å²) in [6.45, 7) is 1.89. The number of piperidine rings is 1. The summed E-state index contributed by atoms with van der Waals surface area (Å²) < 4.78 is 38.7. The van der Waals surface area contributed by atoms with Gasteiger partial charge in [-0.1, -0.05) is 12.1 Å². The number of nitrogens with one attached hydrogen (secondary N) is 2. The molecular formula is C27H31F3N4O2. The number of halogens is 3. The van der Waals surface area contributed by atoms with Crippen molar-refractivity contribution in [3.05, 3.63) is 54.1 Å². The van der Waals surface area contributed by atoms with Crippen molar-refractivity contribution < 1.29 is 22.8 Å². The predicted octanol–water partition coefficient (Wildman–Crippen LogP) is 4.98. The van der Waals surface area contributed by atoms with Crippen molar-refractivity contribution in [1.82, 2.24) is 10.2 Å². The van der Waals surface area contributed by atoms with E-state index in [9.17, 15) is 22.8 Å². The molecule has 0 aliphatic carbocycles.